The molecule has 5 heteroatoms. The zero-order valence-corrected chi connectivity index (χ0v) is 24.1. The van der Waals surface area contributed by atoms with E-state index < -0.39 is 0 Å². The van der Waals surface area contributed by atoms with Crippen LogP contribution in [0.4, 0.5) is 5.69 Å². The molecular weight excluding hydrogens is 550 g/mol. The van der Waals surface area contributed by atoms with E-state index >= 15 is 0 Å². The maximum absolute atomic E-state index is 6.14. The summed E-state index contributed by atoms with van der Waals surface area (Å²) in [5.74, 6) is 1.37. The van der Waals surface area contributed by atoms with Gasteiger partial charge in [0, 0.05) is 22.6 Å². The van der Waals surface area contributed by atoms with Crippen molar-refractivity contribution in [2.45, 2.75) is 12.5 Å². The second kappa shape index (κ2) is 12.0. The first-order valence-corrected chi connectivity index (χ1v) is 14.6. The third-order valence-corrected chi connectivity index (χ3v) is 7.85. The van der Waals surface area contributed by atoms with Crippen molar-refractivity contribution in [3.05, 3.63) is 167 Å². The summed E-state index contributed by atoms with van der Waals surface area (Å²) in [4.78, 5) is 4.51. The monoisotopic (exact) mass is 577 g/mol. The summed E-state index contributed by atoms with van der Waals surface area (Å²) in [6.07, 6.45) is 6.83. The third kappa shape index (κ3) is 5.92. The van der Waals surface area contributed by atoms with E-state index in [4.69, 9.17) is 21.1 Å². The molecule has 5 aromatic carbocycles. The molecule has 0 saturated heterocycles. The van der Waals surface area contributed by atoms with Gasteiger partial charge in [-0.25, -0.2) is 4.98 Å². The van der Waals surface area contributed by atoms with Crippen molar-refractivity contribution in [2.24, 2.45) is 5.10 Å². The number of nitrogens with zero attached hydrogens (tertiary/aromatic N) is 3. The van der Waals surface area contributed by atoms with Crippen molar-refractivity contribution in [1.29, 1.82) is 0 Å². The molecule has 1 unspecified atom stereocenters. The van der Waals surface area contributed by atoms with Gasteiger partial charge in [0.1, 0.15) is 0 Å². The number of benzene rings is 5. The topological polar surface area (TPSA) is 41.6 Å². The summed E-state index contributed by atoms with van der Waals surface area (Å²) in [7, 11) is 0. The molecule has 0 spiro atoms. The van der Waals surface area contributed by atoms with Gasteiger partial charge >= 0.3 is 0 Å². The number of hydrogen-bond donors (Lipinski definition) is 0. The minimum atomic E-state index is 0.119. The molecule has 0 bridgehead atoms. The van der Waals surface area contributed by atoms with Crippen LogP contribution >= 0.6 is 11.6 Å². The summed E-state index contributed by atoms with van der Waals surface area (Å²) >= 11 is 6.14. The lowest BCUT2D eigenvalue weighted by atomic mass is 9.98. The summed E-state index contributed by atoms with van der Waals surface area (Å²) in [6, 6.07) is 45.4. The largest absolute Gasteiger partial charge is 0.436 e. The van der Waals surface area contributed by atoms with E-state index in [2.05, 4.69) is 82.8 Å². The highest BCUT2D eigenvalue weighted by molar-refractivity contribution is 6.30. The van der Waals surface area contributed by atoms with E-state index in [9.17, 15) is 0 Å². The Labute approximate surface area is 256 Å². The normalized spacial score (nSPS) is 14.8. The molecule has 0 aliphatic carbocycles. The van der Waals surface area contributed by atoms with Crippen molar-refractivity contribution >= 4 is 35.2 Å². The van der Waals surface area contributed by atoms with E-state index in [-0.39, 0.29) is 6.04 Å². The smallest absolute Gasteiger partial charge is 0.226 e. The van der Waals surface area contributed by atoms with Crippen molar-refractivity contribution in [1.82, 2.24) is 4.98 Å². The lowest BCUT2D eigenvalue weighted by Crippen LogP contribution is -2.18. The Kier molecular flexibility index (Phi) is 7.43. The molecule has 0 saturated carbocycles. The second-order valence-electron chi connectivity index (χ2n) is 10.5. The SMILES string of the molecule is Clc1ccc(C2=NN(c3ccc(C=Cc4cccc(-c5ncc(-c6ccccc6)o5)c4)cc3)C(c3ccccc3)C2)cc1. The molecule has 0 N–H and O–H groups in total. The number of halogens is 1. The maximum atomic E-state index is 6.14. The zero-order chi connectivity index (χ0) is 29.0. The Morgan fingerprint density at radius 2 is 1.37 bits per heavy atom. The van der Waals surface area contributed by atoms with Crippen LogP contribution in [-0.4, -0.2) is 10.7 Å². The quantitative estimate of drug-likeness (QED) is 0.177. The van der Waals surface area contributed by atoms with E-state index in [1.165, 1.54) is 5.56 Å². The molecule has 1 aliphatic rings. The second-order valence-corrected chi connectivity index (χ2v) is 10.9. The standard InChI is InChI=1S/C38H28ClN3O/c39-33-20-18-29(19-21-33)35-25-36(30-9-3-1-4-10-30)42(41-35)34-22-16-27(17-23-34)14-15-28-8-7-13-32(24-28)38-40-26-37(43-38)31-11-5-2-6-12-31/h1-24,26,36H,25H2. The van der Waals surface area contributed by atoms with Gasteiger partial charge in [-0.15, -0.1) is 0 Å². The van der Waals surface area contributed by atoms with Crippen LogP contribution in [0.3, 0.4) is 0 Å². The van der Waals surface area contributed by atoms with E-state index in [1.54, 1.807) is 6.20 Å². The Bertz CT molecular complexity index is 1890. The predicted molar refractivity (Wildman–Crippen MR) is 177 cm³/mol. The first-order valence-electron chi connectivity index (χ1n) is 14.3. The summed E-state index contributed by atoms with van der Waals surface area (Å²) < 4.78 is 6.06. The highest BCUT2D eigenvalue weighted by Gasteiger charge is 2.29. The van der Waals surface area contributed by atoms with E-state index in [1.807, 2.05) is 72.8 Å². The zero-order valence-electron chi connectivity index (χ0n) is 23.3. The van der Waals surface area contributed by atoms with Gasteiger partial charge < -0.3 is 4.42 Å². The van der Waals surface area contributed by atoms with Gasteiger partial charge in [0.15, 0.2) is 5.76 Å². The number of hydrazone groups is 1. The molecule has 7 rings (SSSR count). The van der Waals surface area contributed by atoms with Gasteiger partial charge in [0.2, 0.25) is 5.89 Å². The average molecular weight is 578 g/mol. The molecule has 1 atom stereocenters. The Hall–Kier alpha value is -5.19. The number of rotatable bonds is 7. The molecule has 43 heavy (non-hydrogen) atoms. The predicted octanol–water partition coefficient (Wildman–Crippen LogP) is 10.2. The van der Waals surface area contributed by atoms with Crippen LogP contribution in [-0.2, 0) is 0 Å². The average Bonchev–Trinajstić information content (AvgIpc) is 3.75. The van der Waals surface area contributed by atoms with E-state index in [0.717, 1.165) is 56.4 Å². The molecule has 0 radical (unpaired) electrons. The van der Waals surface area contributed by atoms with Gasteiger partial charge in [-0.2, -0.15) is 5.10 Å². The molecule has 0 fully saturated rings. The van der Waals surface area contributed by atoms with Crippen molar-refractivity contribution in [2.75, 3.05) is 5.01 Å². The molecule has 2 heterocycles. The van der Waals surface area contributed by atoms with Crippen molar-refractivity contribution in [3.8, 4) is 22.8 Å². The van der Waals surface area contributed by atoms with Crippen LogP contribution in [0.1, 0.15) is 34.7 Å². The fraction of sp³-hybridized carbons (Fsp3) is 0.0526. The lowest BCUT2D eigenvalue weighted by Gasteiger charge is -2.24. The fourth-order valence-corrected chi connectivity index (χ4v) is 5.48. The number of aromatic nitrogens is 1. The third-order valence-electron chi connectivity index (χ3n) is 7.60. The van der Waals surface area contributed by atoms with Crippen LogP contribution in [0.25, 0.3) is 34.9 Å². The summed E-state index contributed by atoms with van der Waals surface area (Å²) in [5, 5.41) is 7.93. The number of hydrogen-bond acceptors (Lipinski definition) is 4. The van der Waals surface area contributed by atoms with Gasteiger partial charge in [-0.3, -0.25) is 5.01 Å². The Balaban J connectivity index is 1.11. The molecule has 0 amide bonds. The molecule has 208 valence electrons. The van der Waals surface area contributed by atoms with Crippen LogP contribution in [0.2, 0.25) is 5.02 Å². The molecule has 6 aromatic rings. The molecule has 4 nitrogen and oxygen atoms in total. The number of anilines is 1. The highest BCUT2D eigenvalue weighted by Crippen LogP contribution is 2.37. The molecule has 1 aromatic heterocycles. The van der Waals surface area contributed by atoms with Crippen LogP contribution in [0.5, 0.6) is 0 Å². The first-order chi connectivity index (χ1) is 21.2. The Morgan fingerprint density at radius 1 is 0.674 bits per heavy atom. The van der Waals surface area contributed by atoms with Gasteiger partial charge in [0.25, 0.3) is 0 Å². The van der Waals surface area contributed by atoms with Crippen molar-refractivity contribution < 1.29 is 4.42 Å². The lowest BCUT2D eigenvalue weighted by molar-refractivity contribution is 0.589. The Morgan fingerprint density at radius 3 is 2.14 bits per heavy atom. The van der Waals surface area contributed by atoms with Gasteiger partial charge in [-0.1, -0.05) is 121 Å². The number of oxazole rings is 1. The maximum Gasteiger partial charge on any atom is 0.226 e. The molecule has 1 aliphatic heterocycles. The summed E-state index contributed by atoms with van der Waals surface area (Å²) in [5.41, 5.74) is 8.56. The van der Waals surface area contributed by atoms with E-state index in [0.29, 0.717) is 5.89 Å². The van der Waals surface area contributed by atoms with Gasteiger partial charge in [0.05, 0.1) is 23.6 Å². The molecular formula is C38H28ClN3O. The van der Waals surface area contributed by atoms with Crippen molar-refractivity contribution in [3.63, 3.8) is 0 Å². The first kappa shape index (κ1) is 26.7. The summed E-state index contributed by atoms with van der Waals surface area (Å²) in [6.45, 7) is 0. The fourth-order valence-electron chi connectivity index (χ4n) is 5.35. The van der Waals surface area contributed by atoms with Crippen LogP contribution < -0.4 is 5.01 Å². The highest BCUT2D eigenvalue weighted by atomic mass is 35.5. The van der Waals surface area contributed by atoms with Crippen LogP contribution in [0.15, 0.2) is 149 Å². The van der Waals surface area contributed by atoms with Crippen LogP contribution in [0, 0.1) is 0 Å². The van der Waals surface area contributed by atoms with Gasteiger partial charge in [-0.05, 0) is 58.7 Å². The minimum absolute atomic E-state index is 0.119. The minimum Gasteiger partial charge on any atom is -0.436 e.